The van der Waals surface area contributed by atoms with Crippen LogP contribution in [0.3, 0.4) is 0 Å². The standard InChI is InChI=1S/C22H24FN5O3/c1-13(29)14-12-28-10-4-5-11-31-22-19(17(23)18(24)16(20(22)28)21(14)30)27-9-8-26-15-6-2-3-7-25-15/h2-3,6-7,12,27H,4-5,8-11,24H2,1H3,(H,25,26). The summed E-state index contributed by atoms with van der Waals surface area (Å²) >= 11 is 0. The van der Waals surface area contributed by atoms with Crippen LogP contribution in [0.1, 0.15) is 30.1 Å². The Bertz CT molecular complexity index is 1190. The number of nitrogens with zero attached hydrogens (tertiary/aromatic N) is 2. The number of hydrogen-bond acceptors (Lipinski definition) is 7. The molecular weight excluding hydrogens is 401 g/mol. The predicted molar refractivity (Wildman–Crippen MR) is 119 cm³/mol. The Balaban J connectivity index is 1.76. The molecule has 8 nitrogen and oxygen atoms in total. The van der Waals surface area contributed by atoms with Gasteiger partial charge in [-0.15, -0.1) is 0 Å². The van der Waals surface area contributed by atoms with Gasteiger partial charge in [0.25, 0.3) is 0 Å². The maximum absolute atomic E-state index is 15.3. The molecule has 31 heavy (non-hydrogen) atoms. The highest BCUT2D eigenvalue weighted by atomic mass is 19.1. The van der Waals surface area contributed by atoms with E-state index in [1.54, 1.807) is 10.8 Å². The highest BCUT2D eigenvalue weighted by molar-refractivity contribution is 6.04. The largest absolute Gasteiger partial charge is 0.489 e. The maximum Gasteiger partial charge on any atom is 0.202 e. The van der Waals surface area contributed by atoms with Crippen LogP contribution in [0.2, 0.25) is 0 Å². The fourth-order valence-corrected chi connectivity index (χ4v) is 3.75. The number of nitrogen functional groups attached to an aromatic ring is 1. The Morgan fingerprint density at radius 3 is 2.84 bits per heavy atom. The molecule has 1 aromatic carbocycles. The average molecular weight is 425 g/mol. The second kappa shape index (κ2) is 8.63. The molecule has 1 aliphatic rings. The summed E-state index contributed by atoms with van der Waals surface area (Å²) in [5.74, 6) is -0.196. The summed E-state index contributed by atoms with van der Waals surface area (Å²) in [6.45, 7) is 3.11. The first-order chi connectivity index (χ1) is 15.0. The van der Waals surface area contributed by atoms with Gasteiger partial charge >= 0.3 is 0 Å². The Labute approximate surface area is 178 Å². The van der Waals surface area contributed by atoms with E-state index in [1.165, 1.54) is 13.1 Å². The number of aryl methyl sites for hydroxylation is 1. The predicted octanol–water partition coefficient (Wildman–Crippen LogP) is 3.02. The first-order valence-electron chi connectivity index (χ1n) is 10.2. The fraction of sp³-hybridized carbons (Fsp3) is 0.318. The molecule has 4 rings (SSSR count). The highest BCUT2D eigenvalue weighted by Gasteiger charge is 2.26. The molecule has 0 spiro atoms. The van der Waals surface area contributed by atoms with Crippen LogP contribution in [-0.2, 0) is 6.54 Å². The SMILES string of the molecule is CC(=O)c1cn2c3c(c(NCCNc4ccccn4)c(F)c(N)c3c1=O)OCCCC2. The van der Waals surface area contributed by atoms with E-state index in [4.69, 9.17) is 10.5 Å². The van der Waals surface area contributed by atoms with Crippen LogP contribution >= 0.6 is 0 Å². The summed E-state index contributed by atoms with van der Waals surface area (Å²) in [6, 6.07) is 5.52. The van der Waals surface area contributed by atoms with Crippen molar-refractivity contribution >= 4 is 33.9 Å². The lowest BCUT2D eigenvalue weighted by Crippen LogP contribution is -2.23. The molecule has 0 fully saturated rings. The number of halogens is 1. The zero-order valence-corrected chi connectivity index (χ0v) is 17.2. The van der Waals surface area contributed by atoms with Gasteiger partial charge in [-0.1, -0.05) is 6.07 Å². The molecule has 0 atom stereocenters. The number of anilines is 3. The topological polar surface area (TPSA) is 111 Å². The van der Waals surface area contributed by atoms with Crippen molar-refractivity contribution < 1.29 is 13.9 Å². The summed E-state index contributed by atoms with van der Waals surface area (Å²) in [5, 5.41) is 6.17. The van der Waals surface area contributed by atoms with E-state index in [0.717, 1.165) is 12.8 Å². The number of ether oxygens (including phenoxy) is 1. The lowest BCUT2D eigenvalue weighted by molar-refractivity contribution is 0.101. The van der Waals surface area contributed by atoms with Crippen molar-refractivity contribution in [1.29, 1.82) is 0 Å². The number of ketones is 1. The van der Waals surface area contributed by atoms with Crippen molar-refractivity contribution in [3.8, 4) is 5.75 Å². The number of rotatable bonds is 6. The van der Waals surface area contributed by atoms with Crippen molar-refractivity contribution in [3.63, 3.8) is 0 Å². The van der Waals surface area contributed by atoms with Gasteiger partial charge in [-0.05, 0) is 31.9 Å². The molecule has 0 saturated heterocycles. The van der Waals surface area contributed by atoms with E-state index < -0.39 is 11.2 Å². The average Bonchev–Trinajstić information content (AvgIpc) is 2.74. The summed E-state index contributed by atoms with van der Waals surface area (Å²) in [6.07, 6.45) is 4.76. The summed E-state index contributed by atoms with van der Waals surface area (Å²) in [5.41, 5.74) is 5.72. The molecule has 2 aromatic heterocycles. The van der Waals surface area contributed by atoms with Gasteiger partial charge in [0.1, 0.15) is 11.5 Å². The number of nitrogens with one attached hydrogen (secondary N) is 2. The first-order valence-corrected chi connectivity index (χ1v) is 10.2. The van der Waals surface area contributed by atoms with Crippen LogP contribution < -0.4 is 26.5 Å². The Hall–Kier alpha value is -3.62. The molecule has 0 radical (unpaired) electrons. The molecule has 0 aliphatic carbocycles. The number of pyridine rings is 2. The fourth-order valence-electron chi connectivity index (χ4n) is 3.75. The number of carbonyl (C=O) groups excluding carboxylic acids is 1. The van der Waals surface area contributed by atoms with Gasteiger partial charge in [-0.2, -0.15) is 0 Å². The quantitative estimate of drug-likeness (QED) is 0.316. The van der Waals surface area contributed by atoms with Crippen LogP contribution in [0.15, 0.2) is 35.4 Å². The van der Waals surface area contributed by atoms with Crippen molar-refractivity contribution in [2.75, 3.05) is 36.1 Å². The lowest BCUT2D eigenvalue weighted by atomic mass is 10.0. The second-order valence-corrected chi connectivity index (χ2v) is 7.40. The van der Waals surface area contributed by atoms with Crippen molar-refractivity contribution in [2.45, 2.75) is 26.3 Å². The third-order valence-corrected chi connectivity index (χ3v) is 5.26. The zero-order chi connectivity index (χ0) is 22.0. The van der Waals surface area contributed by atoms with Gasteiger partial charge in [0, 0.05) is 32.0 Å². The minimum Gasteiger partial charge on any atom is -0.489 e. The normalized spacial score (nSPS) is 13.2. The molecule has 1 aliphatic heterocycles. The van der Waals surface area contributed by atoms with Crippen LogP contribution in [0.4, 0.5) is 21.6 Å². The number of nitrogens with two attached hydrogens (primary N) is 1. The smallest absolute Gasteiger partial charge is 0.202 e. The van der Waals surface area contributed by atoms with Crippen LogP contribution in [0.5, 0.6) is 5.75 Å². The zero-order valence-electron chi connectivity index (χ0n) is 17.2. The molecule has 4 N–H and O–H groups in total. The summed E-state index contributed by atoms with van der Waals surface area (Å²) in [4.78, 5) is 29.1. The van der Waals surface area contributed by atoms with Crippen molar-refractivity contribution in [1.82, 2.24) is 9.55 Å². The van der Waals surface area contributed by atoms with Crippen molar-refractivity contribution in [3.05, 3.63) is 52.2 Å². The third kappa shape index (κ3) is 3.90. The molecule has 0 saturated carbocycles. The molecule has 0 amide bonds. The van der Waals surface area contributed by atoms with Gasteiger partial charge in [-0.25, -0.2) is 9.37 Å². The molecule has 162 valence electrons. The third-order valence-electron chi connectivity index (χ3n) is 5.26. The number of Topliss-reactive ketones (excluding diaryl/α,β-unsaturated/α-hetero) is 1. The van der Waals surface area contributed by atoms with Gasteiger partial charge in [-0.3, -0.25) is 9.59 Å². The van der Waals surface area contributed by atoms with E-state index in [-0.39, 0.29) is 33.9 Å². The van der Waals surface area contributed by atoms with Crippen LogP contribution in [0.25, 0.3) is 10.9 Å². The Morgan fingerprint density at radius 1 is 1.29 bits per heavy atom. The van der Waals surface area contributed by atoms with E-state index >= 15 is 4.39 Å². The maximum atomic E-state index is 15.3. The molecule has 0 unspecified atom stereocenters. The van der Waals surface area contributed by atoms with Gasteiger partial charge in [0.15, 0.2) is 17.3 Å². The van der Waals surface area contributed by atoms with E-state index in [9.17, 15) is 9.59 Å². The lowest BCUT2D eigenvalue weighted by Gasteiger charge is -2.23. The van der Waals surface area contributed by atoms with Gasteiger partial charge < -0.3 is 25.7 Å². The van der Waals surface area contributed by atoms with Gasteiger partial charge in [0.05, 0.1) is 28.8 Å². The number of benzene rings is 1. The van der Waals surface area contributed by atoms with Crippen LogP contribution in [-0.4, -0.2) is 35.0 Å². The summed E-state index contributed by atoms with van der Waals surface area (Å²) in [7, 11) is 0. The van der Waals surface area contributed by atoms with Crippen LogP contribution in [0, 0.1) is 5.82 Å². The monoisotopic (exact) mass is 425 g/mol. The van der Waals surface area contributed by atoms with Crippen molar-refractivity contribution in [2.24, 2.45) is 0 Å². The molecule has 0 bridgehead atoms. The Kier molecular flexibility index (Phi) is 5.75. The molecule has 3 heterocycles. The first kappa shape index (κ1) is 20.6. The number of aromatic nitrogens is 2. The Morgan fingerprint density at radius 2 is 2.10 bits per heavy atom. The molecular formula is C22H24FN5O3. The number of carbonyl (C=O) groups is 1. The van der Waals surface area contributed by atoms with E-state index in [1.807, 2.05) is 18.2 Å². The minimum atomic E-state index is -0.759. The molecule has 3 aromatic rings. The highest BCUT2D eigenvalue weighted by Crippen LogP contribution is 2.40. The second-order valence-electron chi connectivity index (χ2n) is 7.40. The summed E-state index contributed by atoms with van der Waals surface area (Å²) < 4.78 is 23.0. The van der Waals surface area contributed by atoms with E-state index in [0.29, 0.717) is 37.6 Å². The minimum absolute atomic E-state index is 0.00889. The molecule has 9 heteroatoms. The number of hydrogen-bond donors (Lipinski definition) is 3. The van der Waals surface area contributed by atoms with E-state index in [2.05, 4.69) is 15.6 Å². The van der Waals surface area contributed by atoms with Gasteiger partial charge in [0.2, 0.25) is 5.43 Å².